The van der Waals surface area contributed by atoms with Gasteiger partial charge in [-0.05, 0) is 25.2 Å². The Morgan fingerprint density at radius 3 is 2.76 bits per heavy atom. The van der Waals surface area contributed by atoms with Crippen LogP contribution >= 0.6 is 0 Å². The number of aromatic amines is 1. The van der Waals surface area contributed by atoms with E-state index in [1.54, 1.807) is 0 Å². The molecule has 8 heteroatoms. The highest BCUT2D eigenvalue weighted by Gasteiger charge is 2.29. The van der Waals surface area contributed by atoms with E-state index in [1.165, 1.54) is 17.7 Å². The zero-order valence-electron chi connectivity index (χ0n) is 14.7. The van der Waals surface area contributed by atoms with E-state index in [-0.39, 0.29) is 11.7 Å². The molecule has 2 rings (SSSR count). The molecule has 1 aromatic rings. The van der Waals surface area contributed by atoms with E-state index < -0.39 is 35.8 Å². The molecule has 1 aliphatic heterocycles. The van der Waals surface area contributed by atoms with Crippen LogP contribution in [-0.4, -0.2) is 34.0 Å². The Morgan fingerprint density at radius 2 is 2.12 bits per heavy atom. The topological polar surface area (TPSA) is 107 Å². The number of hydrogen-bond donors (Lipinski definition) is 1. The van der Waals surface area contributed by atoms with Crippen molar-refractivity contribution < 1.29 is 19.1 Å². The van der Waals surface area contributed by atoms with E-state index in [9.17, 15) is 19.2 Å². The second kappa shape index (κ2) is 8.24. The van der Waals surface area contributed by atoms with Crippen molar-refractivity contribution >= 4 is 11.8 Å². The molecular weight excluding hydrogens is 328 g/mol. The molecule has 0 amide bonds. The van der Waals surface area contributed by atoms with Gasteiger partial charge in [0.05, 0.1) is 6.10 Å². The van der Waals surface area contributed by atoms with Crippen LogP contribution in [-0.2, 0) is 14.3 Å². The maximum Gasteiger partial charge on any atom is 0.330 e. The highest BCUT2D eigenvalue weighted by atomic mass is 16.5. The maximum absolute atomic E-state index is 12.1. The van der Waals surface area contributed by atoms with E-state index in [0.29, 0.717) is 12.3 Å². The summed E-state index contributed by atoms with van der Waals surface area (Å²) in [5.41, 5.74) is -1.65. The van der Waals surface area contributed by atoms with Gasteiger partial charge in [0.15, 0.2) is 6.61 Å². The van der Waals surface area contributed by atoms with Crippen LogP contribution in [0.25, 0.3) is 0 Å². The Labute approximate surface area is 145 Å². The lowest BCUT2D eigenvalue weighted by Crippen LogP contribution is -2.36. The van der Waals surface area contributed by atoms with Gasteiger partial charge in [-0.1, -0.05) is 20.3 Å². The summed E-state index contributed by atoms with van der Waals surface area (Å²) in [6.07, 6.45) is 4.14. The number of ether oxygens (including phenoxy) is 2. The molecule has 3 atom stereocenters. The third-order valence-corrected chi connectivity index (χ3v) is 4.43. The molecule has 1 fully saturated rings. The molecule has 0 saturated carbocycles. The van der Waals surface area contributed by atoms with Gasteiger partial charge in [0.1, 0.15) is 11.8 Å². The number of hydrogen-bond acceptors (Lipinski definition) is 6. The number of H-pyrrole nitrogens is 1. The highest BCUT2D eigenvalue weighted by Crippen LogP contribution is 2.31. The van der Waals surface area contributed by atoms with Crippen molar-refractivity contribution in [3.63, 3.8) is 0 Å². The molecular formula is C17H24N2O6. The number of esters is 1. The predicted octanol–water partition coefficient (Wildman–Crippen LogP) is 1.40. The van der Waals surface area contributed by atoms with Gasteiger partial charge in [0.25, 0.3) is 5.56 Å². The quantitative estimate of drug-likeness (QED) is 0.587. The fourth-order valence-electron chi connectivity index (χ4n) is 2.82. The van der Waals surface area contributed by atoms with E-state index in [0.717, 1.165) is 19.3 Å². The number of Topliss-reactive ketones (excluding diaryl/α,β-unsaturated/α-hetero) is 1. The van der Waals surface area contributed by atoms with Crippen molar-refractivity contribution in [2.75, 3.05) is 6.61 Å². The first kappa shape index (κ1) is 19.1. The van der Waals surface area contributed by atoms with Gasteiger partial charge in [0.2, 0.25) is 5.78 Å². The van der Waals surface area contributed by atoms with Crippen LogP contribution in [0.4, 0.5) is 0 Å². The van der Waals surface area contributed by atoms with E-state index in [4.69, 9.17) is 4.74 Å². The SMILES string of the molecule is CCC(C)CC1CCC(n2cc(C(=O)COC(C)=O)c(=O)[nH]c2=O)O1. The molecule has 0 aliphatic carbocycles. The molecule has 1 aromatic heterocycles. The molecule has 0 aromatic carbocycles. The van der Waals surface area contributed by atoms with Gasteiger partial charge in [-0.2, -0.15) is 0 Å². The van der Waals surface area contributed by atoms with Crippen LogP contribution in [0.2, 0.25) is 0 Å². The molecule has 3 unspecified atom stereocenters. The highest BCUT2D eigenvalue weighted by molar-refractivity contribution is 5.97. The minimum Gasteiger partial charge on any atom is -0.457 e. The lowest BCUT2D eigenvalue weighted by molar-refractivity contribution is -0.139. The van der Waals surface area contributed by atoms with Gasteiger partial charge in [-0.15, -0.1) is 0 Å². The lowest BCUT2D eigenvalue weighted by atomic mass is 10.00. The molecule has 2 heterocycles. The van der Waals surface area contributed by atoms with Crippen LogP contribution in [0.15, 0.2) is 15.8 Å². The normalized spacial score (nSPS) is 21.1. The van der Waals surface area contributed by atoms with Gasteiger partial charge in [0, 0.05) is 13.1 Å². The Hall–Kier alpha value is -2.22. The first-order valence-corrected chi connectivity index (χ1v) is 8.49. The number of nitrogens with one attached hydrogen (secondary N) is 1. The Kier molecular flexibility index (Phi) is 6.30. The predicted molar refractivity (Wildman–Crippen MR) is 89.5 cm³/mol. The second-order valence-electron chi connectivity index (χ2n) is 6.45. The molecule has 0 radical (unpaired) electrons. The van der Waals surface area contributed by atoms with Crippen molar-refractivity contribution in [3.8, 4) is 0 Å². The largest absolute Gasteiger partial charge is 0.457 e. The summed E-state index contributed by atoms with van der Waals surface area (Å²) in [5, 5.41) is 0. The number of aromatic nitrogens is 2. The van der Waals surface area contributed by atoms with Crippen molar-refractivity contribution in [1.82, 2.24) is 9.55 Å². The standard InChI is InChI=1S/C17H24N2O6/c1-4-10(2)7-12-5-6-15(25-12)19-8-13(16(22)18-17(19)23)14(21)9-24-11(3)20/h8,10,12,15H,4-7,9H2,1-3H3,(H,18,22,23). The summed E-state index contributed by atoms with van der Waals surface area (Å²) < 4.78 is 11.8. The lowest BCUT2D eigenvalue weighted by Gasteiger charge is -2.18. The van der Waals surface area contributed by atoms with Gasteiger partial charge in [-0.3, -0.25) is 23.9 Å². The maximum atomic E-state index is 12.1. The summed E-state index contributed by atoms with van der Waals surface area (Å²) in [6.45, 7) is 4.89. The summed E-state index contributed by atoms with van der Waals surface area (Å²) >= 11 is 0. The van der Waals surface area contributed by atoms with Crippen LogP contribution in [0, 0.1) is 5.92 Å². The molecule has 1 aliphatic rings. The van der Waals surface area contributed by atoms with Crippen LogP contribution in [0.3, 0.4) is 0 Å². The van der Waals surface area contributed by atoms with E-state index >= 15 is 0 Å². The number of nitrogens with zero attached hydrogens (tertiary/aromatic N) is 1. The minimum atomic E-state index is -0.799. The fraction of sp³-hybridized carbons (Fsp3) is 0.647. The Morgan fingerprint density at radius 1 is 1.40 bits per heavy atom. The average molecular weight is 352 g/mol. The molecule has 0 bridgehead atoms. The molecule has 138 valence electrons. The molecule has 8 nitrogen and oxygen atoms in total. The van der Waals surface area contributed by atoms with E-state index in [1.807, 2.05) is 0 Å². The minimum absolute atomic E-state index is 0.0546. The van der Waals surface area contributed by atoms with Crippen molar-refractivity contribution in [2.45, 2.75) is 58.8 Å². The zero-order chi connectivity index (χ0) is 18.6. The van der Waals surface area contributed by atoms with Crippen LogP contribution < -0.4 is 11.2 Å². The number of ketones is 1. The summed E-state index contributed by atoms with van der Waals surface area (Å²) in [7, 11) is 0. The first-order valence-electron chi connectivity index (χ1n) is 8.49. The van der Waals surface area contributed by atoms with Gasteiger partial charge >= 0.3 is 11.7 Å². The summed E-state index contributed by atoms with van der Waals surface area (Å²) in [6, 6.07) is 0. The smallest absolute Gasteiger partial charge is 0.330 e. The fourth-order valence-corrected chi connectivity index (χ4v) is 2.82. The average Bonchev–Trinajstić information content (AvgIpc) is 3.00. The van der Waals surface area contributed by atoms with E-state index in [2.05, 4.69) is 23.6 Å². The Balaban J connectivity index is 2.18. The monoisotopic (exact) mass is 352 g/mol. The Bertz CT molecular complexity index is 750. The molecule has 25 heavy (non-hydrogen) atoms. The van der Waals surface area contributed by atoms with Crippen molar-refractivity contribution in [1.29, 1.82) is 0 Å². The van der Waals surface area contributed by atoms with Crippen LogP contribution in [0.1, 0.15) is 63.0 Å². The van der Waals surface area contributed by atoms with Crippen molar-refractivity contribution in [3.05, 3.63) is 32.6 Å². The van der Waals surface area contributed by atoms with Gasteiger partial charge < -0.3 is 9.47 Å². The zero-order valence-corrected chi connectivity index (χ0v) is 14.7. The first-order chi connectivity index (χ1) is 11.8. The molecule has 1 saturated heterocycles. The second-order valence-corrected chi connectivity index (χ2v) is 6.45. The number of carbonyl (C=O) groups excluding carboxylic acids is 2. The van der Waals surface area contributed by atoms with Crippen molar-refractivity contribution in [2.24, 2.45) is 5.92 Å². The summed E-state index contributed by atoms with van der Waals surface area (Å²) in [4.78, 5) is 48.9. The molecule has 1 N–H and O–H groups in total. The third kappa shape index (κ3) is 4.88. The summed E-state index contributed by atoms with van der Waals surface area (Å²) in [5.74, 6) is -0.763. The number of rotatable bonds is 7. The third-order valence-electron chi connectivity index (χ3n) is 4.43. The number of carbonyl (C=O) groups is 2. The van der Waals surface area contributed by atoms with Crippen LogP contribution in [0.5, 0.6) is 0 Å². The molecule has 0 spiro atoms. The van der Waals surface area contributed by atoms with Gasteiger partial charge in [-0.25, -0.2) is 4.79 Å².